The van der Waals surface area contributed by atoms with Crippen molar-refractivity contribution in [1.82, 2.24) is 5.32 Å². The van der Waals surface area contributed by atoms with E-state index in [1.54, 1.807) is 19.1 Å². The van der Waals surface area contributed by atoms with Gasteiger partial charge in [-0.3, -0.25) is 4.79 Å². The molecular formula is C13H19NO3S. The molecule has 1 heterocycles. The van der Waals surface area contributed by atoms with Gasteiger partial charge in [0.15, 0.2) is 0 Å². The summed E-state index contributed by atoms with van der Waals surface area (Å²) >= 11 is 1.54. The summed E-state index contributed by atoms with van der Waals surface area (Å²) in [6.45, 7) is 3.77. The van der Waals surface area contributed by atoms with Crippen molar-refractivity contribution in [2.45, 2.75) is 19.4 Å². The van der Waals surface area contributed by atoms with Gasteiger partial charge < -0.3 is 14.8 Å². The minimum atomic E-state index is -0.885. The van der Waals surface area contributed by atoms with Crippen LogP contribution < -0.4 is 5.32 Å². The molecule has 0 bridgehead atoms. The van der Waals surface area contributed by atoms with Gasteiger partial charge >= 0.3 is 0 Å². The Balaban J connectivity index is 2.40. The lowest BCUT2D eigenvalue weighted by Crippen LogP contribution is -2.41. The van der Waals surface area contributed by atoms with Crippen LogP contribution in [0.25, 0.3) is 6.08 Å². The van der Waals surface area contributed by atoms with E-state index in [0.717, 1.165) is 5.76 Å². The zero-order chi connectivity index (χ0) is 13.6. The summed E-state index contributed by atoms with van der Waals surface area (Å²) < 4.78 is 5.30. The number of nitrogens with one attached hydrogen (secondary N) is 1. The molecule has 0 aliphatic heterocycles. The Kier molecular flexibility index (Phi) is 5.50. The number of hydrogen-bond acceptors (Lipinski definition) is 4. The standard InChI is InChI=1S/C13H19NO3S/c1-10-4-5-11(17-10)6-7-12(15)14-8-13(2,16)9-18-3/h4-7,16H,8-9H2,1-3H3,(H,14,15). The van der Waals surface area contributed by atoms with Gasteiger partial charge in [0.25, 0.3) is 0 Å². The number of rotatable bonds is 6. The molecule has 1 rings (SSSR count). The molecule has 0 aliphatic carbocycles. The molecule has 1 unspecified atom stereocenters. The lowest BCUT2D eigenvalue weighted by molar-refractivity contribution is -0.117. The van der Waals surface area contributed by atoms with Crippen molar-refractivity contribution in [1.29, 1.82) is 0 Å². The van der Waals surface area contributed by atoms with Gasteiger partial charge in [-0.25, -0.2) is 0 Å². The largest absolute Gasteiger partial charge is 0.462 e. The molecule has 0 saturated heterocycles. The van der Waals surface area contributed by atoms with Gasteiger partial charge in [0.1, 0.15) is 11.5 Å². The maximum Gasteiger partial charge on any atom is 0.244 e. The first kappa shape index (κ1) is 14.9. The number of thioether (sulfide) groups is 1. The average molecular weight is 269 g/mol. The highest BCUT2D eigenvalue weighted by atomic mass is 32.2. The molecule has 0 aromatic carbocycles. The summed E-state index contributed by atoms with van der Waals surface area (Å²) in [5.41, 5.74) is -0.885. The zero-order valence-corrected chi connectivity index (χ0v) is 11.7. The average Bonchev–Trinajstić information content (AvgIpc) is 2.70. The van der Waals surface area contributed by atoms with Gasteiger partial charge in [-0.1, -0.05) is 0 Å². The smallest absolute Gasteiger partial charge is 0.244 e. The van der Waals surface area contributed by atoms with E-state index in [2.05, 4.69) is 5.32 Å². The Labute approximate surface area is 111 Å². The highest BCUT2D eigenvalue weighted by Crippen LogP contribution is 2.09. The van der Waals surface area contributed by atoms with Crippen LogP contribution in [0.15, 0.2) is 22.6 Å². The van der Waals surface area contributed by atoms with Crippen molar-refractivity contribution in [3.05, 3.63) is 29.7 Å². The second kappa shape index (κ2) is 6.66. The van der Waals surface area contributed by atoms with E-state index in [9.17, 15) is 9.90 Å². The Morgan fingerprint density at radius 1 is 1.61 bits per heavy atom. The minimum absolute atomic E-state index is 0.230. The van der Waals surface area contributed by atoms with Crippen molar-refractivity contribution in [2.75, 3.05) is 18.6 Å². The molecule has 1 atom stereocenters. The summed E-state index contributed by atoms with van der Waals surface area (Å²) in [4.78, 5) is 11.5. The number of carbonyl (C=O) groups excluding carboxylic acids is 1. The minimum Gasteiger partial charge on any atom is -0.462 e. The number of furan rings is 1. The van der Waals surface area contributed by atoms with Crippen molar-refractivity contribution in [3.63, 3.8) is 0 Å². The molecule has 1 aromatic rings. The van der Waals surface area contributed by atoms with Crippen LogP contribution in [-0.2, 0) is 4.79 Å². The lowest BCUT2D eigenvalue weighted by Gasteiger charge is -2.21. The topological polar surface area (TPSA) is 62.5 Å². The quantitative estimate of drug-likeness (QED) is 0.773. The van der Waals surface area contributed by atoms with Crippen LogP contribution in [0.1, 0.15) is 18.4 Å². The molecule has 0 saturated carbocycles. The third-order valence-electron chi connectivity index (χ3n) is 2.26. The number of aliphatic hydroxyl groups is 1. The van der Waals surface area contributed by atoms with Crippen molar-refractivity contribution in [3.8, 4) is 0 Å². The van der Waals surface area contributed by atoms with E-state index < -0.39 is 5.60 Å². The van der Waals surface area contributed by atoms with E-state index in [0.29, 0.717) is 11.5 Å². The Hall–Kier alpha value is -1.20. The van der Waals surface area contributed by atoms with E-state index in [-0.39, 0.29) is 12.5 Å². The SMILES string of the molecule is CSCC(C)(O)CNC(=O)C=Cc1ccc(C)o1. The first-order chi connectivity index (χ1) is 8.43. The molecular weight excluding hydrogens is 250 g/mol. The van der Waals surface area contributed by atoms with Crippen molar-refractivity contribution < 1.29 is 14.3 Å². The fraction of sp³-hybridized carbons (Fsp3) is 0.462. The first-order valence-corrected chi connectivity index (χ1v) is 7.06. The number of hydrogen-bond donors (Lipinski definition) is 2. The lowest BCUT2D eigenvalue weighted by atomic mass is 10.1. The van der Waals surface area contributed by atoms with E-state index in [4.69, 9.17) is 4.42 Å². The first-order valence-electron chi connectivity index (χ1n) is 5.66. The molecule has 2 N–H and O–H groups in total. The zero-order valence-electron chi connectivity index (χ0n) is 10.9. The predicted molar refractivity (Wildman–Crippen MR) is 74.5 cm³/mol. The van der Waals surface area contributed by atoms with Gasteiger partial charge in [-0.2, -0.15) is 11.8 Å². The van der Waals surface area contributed by atoms with Gasteiger partial charge in [-0.15, -0.1) is 0 Å². The molecule has 5 heteroatoms. The molecule has 0 aliphatic rings. The summed E-state index contributed by atoms with van der Waals surface area (Å²) in [5.74, 6) is 1.77. The second-order valence-electron chi connectivity index (χ2n) is 4.43. The van der Waals surface area contributed by atoms with Crippen molar-refractivity contribution in [2.24, 2.45) is 0 Å². The monoisotopic (exact) mass is 269 g/mol. The molecule has 0 radical (unpaired) electrons. The van der Waals surface area contributed by atoms with Gasteiger partial charge in [-0.05, 0) is 38.3 Å². The maximum atomic E-state index is 11.5. The Bertz CT molecular complexity index is 424. The second-order valence-corrected chi connectivity index (χ2v) is 5.30. The molecule has 1 amide bonds. The number of amides is 1. The van der Waals surface area contributed by atoms with Crippen LogP contribution >= 0.6 is 11.8 Å². The molecule has 4 nitrogen and oxygen atoms in total. The van der Waals surface area contributed by atoms with Crippen LogP contribution in [0, 0.1) is 6.92 Å². The highest BCUT2D eigenvalue weighted by Gasteiger charge is 2.19. The summed E-state index contributed by atoms with van der Waals surface area (Å²) in [7, 11) is 0. The Morgan fingerprint density at radius 2 is 2.33 bits per heavy atom. The van der Waals surface area contributed by atoms with Crippen LogP contribution in [0.3, 0.4) is 0 Å². The van der Waals surface area contributed by atoms with Gasteiger partial charge in [0.2, 0.25) is 5.91 Å². The molecule has 100 valence electrons. The van der Waals surface area contributed by atoms with E-state index >= 15 is 0 Å². The fourth-order valence-electron chi connectivity index (χ4n) is 1.40. The molecule has 18 heavy (non-hydrogen) atoms. The van der Waals surface area contributed by atoms with Crippen LogP contribution in [0.2, 0.25) is 0 Å². The van der Waals surface area contributed by atoms with Gasteiger partial charge in [0, 0.05) is 18.4 Å². The molecule has 1 aromatic heterocycles. The number of aryl methyl sites for hydroxylation is 1. The molecule has 0 fully saturated rings. The third kappa shape index (κ3) is 5.42. The van der Waals surface area contributed by atoms with E-state index in [1.807, 2.05) is 19.2 Å². The highest BCUT2D eigenvalue weighted by molar-refractivity contribution is 7.98. The summed E-state index contributed by atoms with van der Waals surface area (Å²) in [6.07, 6.45) is 4.91. The normalized spacial score (nSPS) is 14.7. The fourth-order valence-corrected chi connectivity index (χ4v) is 2.12. The van der Waals surface area contributed by atoms with Crippen LogP contribution in [0.4, 0.5) is 0 Å². The Morgan fingerprint density at radius 3 is 2.89 bits per heavy atom. The summed E-state index contributed by atoms with van der Waals surface area (Å²) in [6, 6.07) is 3.63. The van der Waals surface area contributed by atoms with Gasteiger partial charge in [0.05, 0.1) is 5.60 Å². The maximum absolute atomic E-state index is 11.5. The number of carbonyl (C=O) groups is 1. The summed E-state index contributed by atoms with van der Waals surface area (Å²) in [5, 5.41) is 12.5. The van der Waals surface area contributed by atoms with Crippen molar-refractivity contribution >= 4 is 23.7 Å². The third-order valence-corrected chi connectivity index (χ3v) is 3.17. The predicted octanol–water partition coefficient (Wildman–Crippen LogP) is 1.83. The van der Waals surface area contributed by atoms with Crippen LogP contribution in [0.5, 0.6) is 0 Å². The van der Waals surface area contributed by atoms with Crippen LogP contribution in [-0.4, -0.2) is 35.2 Å². The molecule has 0 spiro atoms. The van der Waals surface area contributed by atoms with E-state index in [1.165, 1.54) is 17.8 Å².